The van der Waals surface area contributed by atoms with Gasteiger partial charge in [0.15, 0.2) is 0 Å². The molecule has 84 valence electrons. The van der Waals surface area contributed by atoms with Gasteiger partial charge >= 0.3 is 5.97 Å². The number of aliphatic carboxylic acids is 1. The maximum atomic E-state index is 10.4. The molecule has 3 N–H and O–H groups in total. The minimum atomic E-state index is -1.34. The summed E-state index contributed by atoms with van der Waals surface area (Å²) >= 11 is 0. The van der Waals surface area contributed by atoms with E-state index in [1.165, 1.54) is 6.07 Å². The summed E-state index contributed by atoms with van der Waals surface area (Å²) in [5.41, 5.74) is 0.975. The van der Waals surface area contributed by atoms with Gasteiger partial charge in [-0.15, -0.1) is 6.42 Å². The molecule has 1 aromatic rings. The minimum Gasteiger partial charge on any atom is -0.481 e. The largest absolute Gasteiger partial charge is 0.481 e. The molecule has 2 unspecified atom stereocenters. The van der Waals surface area contributed by atoms with Crippen molar-refractivity contribution < 1.29 is 20.1 Å². The van der Waals surface area contributed by atoms with Gasteiger partial charge in [-0.1, -0.05) is 18.1 Å². The number of benzene rings is 1. The Morgan fingerprint density at radius 3 is 2.69 bits per heavy atom. The van der Waals surface area contributed by atoms with Gasteiger partial charge in [-0.3, -0.25) is 4.79 Å². The van der Waals surface area contributed by atoms with E-state index >= 15 is 0 Å². The van der Waals surface area contributed by atoms with Gasteiger partial charge in [0, 0.05) is 5.56 Å². The predicted octanol–water partition coefficient (Wildman–Crippen LogP) is 0.537. The van der Waals surface area contributed by atoms with E-state index in [1.807, 2.05) is 0 Å². The lowest BCUT2D eigenvalue weighted by Gasteiger charge is -2.16. The van der Waals surface area contributed by atoms with Crippen molar-refractivity contribution in [1.29, 1.82) is 0 Å². The van der Waals surface area contributed by atoms with E-state index < -0.39 is 24.6 Å². The monoisotopic (exact) mass is 220 g/mol. The third-order valence-corrected chi connectivity index (χ3v) is 2.14. The molecule has 1 rings (SSSR count). The van der Waals surface area contributed by atoms with Crippen molar-refractivity contribution >= 4 is 5.97 Å². The molecule has 16 heavy (non-hydrogen) atoms. The number of rotatable bonds is 4. The van der Waals surface area contributed by atoms with E-state index in [0.29, 0.717) is 11.1 Å². The summed E-state index contributed by atoms with van der Waals surface area (Å²) in [6.45, 7) is 0. The van der Waals surface area contributed by atoms with Crippen molar-refractivity contribution in [3.8, 4) is 12.3 Å². The second-order valence-corrected chi connectivity index (χ2v) is 3.38. The Balaban J connectivity index is 2.83. The lowest BCUT2D eigenvalue weighted by atomic mass is 10.0. The highest BCUT2D eigenvalue weighted by Crippen LogP contribution is 2.19. The number of hydrogen-bond donors (Lipinski definition) is 3. The molecule has 1 aromatic carbocycles. The third kappa shape index (κ3) is 3.09. The summed E-state index contributed by atoms with van der Waals surface area (Å²) in [5, 5.41) is 27.6. The summed E-state index contributed by atoms with van der Waals surface area (Å²) in [6, 6.07) is 6.44. The van der Waals surface area contributed by atoms with Crippen LogP contribution in [0.25, 0.3) is 0 Å². The second kappa shape index (κ2) is 5.31. The lowest BCUT2D eigenvalue weighted by Crippen LogP contribution is -2.21. The maximum Gasteiger partial charge on any atom is 0.306 e. The molecule has 0 aromatic heterocycles. The van der Waals surface area contributed by atoms with Gasteiger partial charge in [-0.2, -0.15) is 0 Å². The van der Waals surface area contributed by atoms with Gasteiger partial charge in [-0.05, 0) is 17.7 Å². The normalized spacial score (nSPS) is 13.8. The average molecular weight is 220 g/mol. The molecule has 4 heteroatoms. The second-order valence-electron chi connectivity index (χ2n) is 3.38. The zero-order valence-electron chi connectivity index (χ0n) is 8.50. The zero-order valence-corrected chi connectivity index (χ0v) is 8.50. The van der Waals surface area contributed by atoms with Crippen LogP contribution < -0.4 is 0 Å². The van der Waals surface area contributed by atoms with Crippen molar-refractivity contribution in [3.63, 3.8) is 0 Å². The topological polar surface area (TPSA) is 77.8 Å². The molecule has 0 fully saturated rings. The highest BCUT2D eigenvalue weighted by molar-refractivity contribution is 5.67. The first-order valence-electron chi connectivity index (χ1n) is 4.69. The summed E-state index contributed by atoms with van der Waals surface area (Å²) < 4.78 is 0. The zero-order chi connectivity index (χ0) is 12.1. The number of aliphatic hydroxyl groups is 2. The van der Waals surface area contributed by atoms with Crippen molar-refractivity contribution in [1.82, 2.24) is 0 Å². The minimum absolute atomic E-state index is 0.407. The van der Waals surface area contributed by atoms with E-state index in [9.17, 15) is 15.0 Å². The Kier molecular flexibility index (Phi) is 4.06. The van der Waals surface area contributed by atoms with E-state index in [4.69, 9.17) is 11.5 Å². The highest BCUT2D eigenvalue weighted by atomic mass is 16.4. The molecule has 0 amide bonds. The fraction of sp³-hybridized carbons (Fsp3) is 0.250. The smallest absolute Gasteiger partial charge is 0.306 e. The van der Waals surface area contributed by atoms with Crippen LogP contribution in [0.1, 0.15) is 23.7 Å². The van der Waals surface area contributed by atoms with Crippen LogP contribution in [0.15, 0.2) is 24.3 Å². The first-order chi connectivity index (χ1) is 7.54. The average Bonchev–Trinajstić information content (AvgIpc) is 2.27. The van der Waals surface area contributed by atoms with E-state index in [1.54, 1.807) is 18.2 Å². The number of carboxylic acids is 1. The van der Waals surface area contributed by atoms with Crippen LogP contribution in [0.2, 0.25) is 0 Å². The first-order valence-corrected chi connectivity index (χ1v) is 4.69. The number of carboxylic acid groups (broad SMARTS) is 1. The Bertz CT molecular complexity index is 419. The number of carbonyl (C=O) groups is 1. The summed E-state index contributed by atoms with van der Waals surface area (Å²) in [4.78, 5) is 10.4. The number of terminal acetylenes is 1. The van der Waals surface area contributed by atoms with Crippen molar-refractivity contribution in [2.75, 3.05) is 0 Å². The van der Waals surface area contributed by atoms with Crippen LogP contribution >= 0.6 is 0 Å². The van der Waals surface area contributed by atoms with Crippen LogP contribution in [-0.2, 0) is 4.79 Å². The molecule has 2 atom stereocenters. The molecule has 0 aliphatic rings. The van der Waals surface area contributed by atoms with Gasteiger partial charge in [-0.25, -0.2) is 0 Å². The van der Waals surface area contributed by atoms with Gasteiger partial charge in [0.25, 0.3) is 0 Å². The van der Waals surface area contributed by atoms with Crippen LogP contribution in [-0.4, -0.2) is 27.4 Å². The van der Waals surface area contributed by atoms with Crippen molar-refractivity contribution in [2.24, 2.45) is 0 Å². The molecule has 4 nitrogen and oxygen atoms in total. The number of aliphatic hydroxyl groups excluding tert-OH is 2. The SMILES string of the molecule is C#Cc1cccc(C(O)C(O)CC(=O)O)c1. The van der Waals surface area contributed by atoms with Crippen LogP contribution in [0.4, 0.5) is 0 Å². The van der Waals surface area contributed by atoms with E-state index in [2.05, 4.69) is 5.92 Å². The molecule has 0 spiro atoms. The van der Waals surface area contributed by atoms with E-state index in [0.717, 1.165) is 0 Å². The first kappa shape index (κ1) is 12.2. The summed E-state index contributed by atoms with van der Waals surface area (Å²) in [5.74, 6) is 1.23. The molecular formula is C12H12O4. The predicted molar refractivity (Wildman–Crippen MR) is 57.6 cm³/mol. The fourth-order valence-electron chi connectivity index (χ4n) is 1.33. The molecule has 0 radical (unpaired) electrons. The van der Waals surface area contributed by atoms with Gasteiger partial charge in [0.05, 0.1) is 12.5 Å². The molecule has 0 aliphatic heterocycles. The maximum absolute atomic E-state index is 10.4. The molecular weight excluding hydrogens is 208 g/mol. The number of hydrogen-bond acceptors (Lipinski definition) is 3. The van der Waals surface area contributed by atoms with Gasteiger partial charge in [0.2, 0.25) is 0 Å². The summed E-state index contributed by atoms with van der Waals surface area (Å²) in [6.07, 6.45) is 2.09. The van der Waals surface area contributed by atoms with Gasteiger partial charge in [0.1, 0.15) is 6.10 Å². The van der Waals surface area contributed by atoms with Gasteiger partial charge < -0.3 is 15.3 Å². The summed E-state index contributed by atoms with van der Waals surface area (Å²) in [7, 11) is 0. The molecule has 0 aliphatic carbocycles. The lowest BCUT2D eigenvalue weighted by molar-refractivity contribution is -0.141. The third-order valence-electron chi connectivity index (χ3n) is 2.14. The standard InChI is InChI=1S/C12H12O4/c1-2-8-4-3-5-9(6-8)12(16)10(13)7-11(14)15/h1,3-6,10,12-13,16H,7H2,(H,14,15). The Labute approximate surface area is 93.2 Å². The van der Waals surface area contributed by atoms with Crippen LogP contribution in [0.5, 0.6) is 0 Å². The molecule has 0 bridgehead atoms. The van der Waals surface area contributed by atoms with Crippen molar-refractivity contribution in [2.45, 2.75) is 18.6 Å². The van der Waals surface area contributed by atoms with E-state index in [-0.39, 0.29) is 0 Å². The van der Waals surface area contributed by atoms with Crippen molar-refractivity contribution in [3.05, 3.63) is 35.4 Å². The van der Waals surface area contributed by atoms with Crippen LogP contribution in [0, 0.1) is 12.3 Å². The quantitative estimate of drug-likeness (QED) is 0.647. The fourth-order valence-corrected chi connectivity index (χ4v) is 1.33. The Morgan fingerprint density at radius 1 is 1.44 bits per heavy atom. The highest BCUT2D eigenvalue weighted by Gasteiger charge is 2.21. The van der Waals surface area contributed by atoms with Crippen LogP contribution in [0.3, 0.4) is 0 Å². The molecule has 0 heterocycles. The molecule has 0 saturated heterocycles. The Hall–Kier alpha value is -1.83. The molecule has 0 saturated carbocycles. The Morgan fingerprint density at radius 2 is 2.12 bits per heavy atom.